The third kappa shape index (κ3) is 6.28. The summed E-state index contributed by atoms with van der Waals surface area (Å²) in [6.45, 7) is 0.505. The smallest absolute Gasteiger partial charge is 0.305 e. The largest absolute Gasteiger partial charge is 0.469 e. The summed E-state index contributed by atoms with van der Waals surface area (Å²) in [5.74, 6) is 0.736. The average molecular weight is 281 g/mol. The summed E-state index contributed by atoms with van der Waals surface area (Å²) in [5, 5.41) is 0.408. The van der Waals surface area contributed by atoms with Crippen molar-refractivity contribution in [2.24, 2.45) is 0 Å². The Hall–Kier alpha value is -0.270. The fraction of sp³-hybridized carbons (Fsp3) is 0.900. The number of carbonyl (C=O) groups excluding carboxylic acids is 1. The second-order valence-electron chi connectivity index (χ2n) is 3.98. The molecule has 17 heavy (non-hydrogen) atoms. The molecule has 0 radical (unpaired) electrons. The van der Waals surface area contributed by atoms with Crippen molar-refractivity contribution in [3.8, 4) is 0 Å². The normalized spacial score (nSPS) is 20.4. The number of thioether (sulfide) groups is 1. The van der Waals surface area contributed by atoms with Crippen LogP contribution >= 0.6 is 11.8 Å². The minimum atomic E-state index is -3.24. The van der Waals surface area contributed by atoms with E-state index in [9.17, 15) is 13.2 Å². The predicted octanol–water partition coefficient (Wildman–Crippen LogP) is 0.755. The molecule has 5 nitrogen and oxygen atoms in total. The Morgan fingerprint density at radius 2 is 2.29 bits per heavy atom. The highest BCUT2D eigenvalue weighted by Crippen LogP contribution is 2.25. The Morgan fingerprint density at radius 3 is 2.88 bits per heavy atom. The second-order valence-corrected chi connectivity index (χ2v) is 7.32. The summed E-state index contributed by atoms with van der Waals surface area (Å²) in [6, 6.07) is 0. The van der Waals surface area contributed by atoms with E-state index in [1.165, 1.54) is 13.5 Å². The van der Waals surface area contributed by atoms with Crippen molar-refractivity contribution in [2.45, 2.75) is 30.9 Å². The molecule has 0 spiro atoms. The van der Waals surface area contributed by atoms with E-state index in [-0.39, 0.29) is 18.1 Å². The lowest BCUT2D eigenvalue weighted by Gasteiger charge is -2.10. The summed E-state index contributed by atoms with van der Waals surface area (Å²) < 4.78 is 30.2. The van der Waals surface area contributed by atoms with Gasteiger partial charge < -0.3 is 4.74 Å². The van der Waals surface area contributed by atoms with Gasteiger partial charge in [0, 0.05) is 18.2 Å². The Balaban J connectivity index is 2.18. The topological polar surface area (TPSA) is 72.5 Å². The van der Waals surface area contributed by atoms with Crippen LogP contribution in [0.4, 0.5) is 0 Å². The maximum Gasteiger partial charge on any atom is 0.305 e. The highest BCUT2D eigenvalue weighted by Gasteiger charge is 2.18. The molecular weight excluding hydrogens is 262 g/mol. The molecule has 1 rings (SSSR count). The van der Waals surface area contributed by atoms with E-state index in [0.29, 0.717) is 18.2 Å². The number of methoxy groups -OCH3 is 1. The highest BCUT2D eigenvalue weighted by atomic mass is 32.2. The molecule has 1 aliphatic rings. The number of esters is 1. The van der Waals surface area contributed by atoms with E-state index in [1.54, 1.807) is 0 Å². The fourth-order valence-electron chi connectivity index (χ4n) is 1.61. The lowest BCUT2D eigenvalue weighted by Crippen LogP contribution is -2.31. The van der Waals surface area contributed by atoms with Crippen molar-refractivity contribution in [2.75, 3.05) is 25.2 Å². The van der Waals surface area contributed by atoms with Crippen molar-refractivity contribution in [1.82, 2.24) is 4.72 Å². The van der Waals surface area contributed by atoms with E-state index in [2.05, 4.69) is 9.46 Å². The second kappa shape index (κ2) is 7.23. The summed E-state index contributed by atoms with van der Waals surface area (Å²) in [4.78, 5) is 10.8. The zero-order chi connectivity index (χ0) is 12.7. The Bertz CT molecular complexity index is 336. The molecule has 1 atom stereocenters. The quantitative estimate of drug-likeness (QED) is 0.697. The molecule has 0 amide bonds. The summed E-state index contributed by atoms with van der Waals surface area (Å²) >= 11 is 1.81. The van der Waals surface area contributed by atoms with Gasteiger partial charge in [-0.2, -0.15) is 11.8 Å². The number of sulfonamides is 1. The summed E-state index contributed by atoms with van der Waals surface area (Å²) in [5.41, 5.74) is 0. The first kappa shape index (κ1) is 14.8. The molecule has 1 saturated heterocycles. The van der Waals surface area contributed by atoms with Gasteiger partial charge in [-0.05, 0) is 25.0 Å². The molecule has 100 valence electrons. The van der Waals surface area contributed by atoms with E-state index >= 15 is 0 Å². The number of nitrogens with one attached hydrogen (secondary N) is 1. The van der Waals surface area contributed by atoms with Crippen LogP contribution in [-0.4, -0.2) is 44.8 Å². The minimum absolute atomic E-state index is 0.0144. The maximum absolute atomic E-state index is 11.6. The van der Waals surface area contributed by atoms with E-state index in [1.807, 2.05) is 11.8 Å². The van der Waals surface area contributed by atoms with Crippen LogP contribution in [0.25, 0.3) is 0 Å². The molecule has 0 aromatic rings. The van der Waals surface area contributed by atoms with Gasteiger partial charge in [0.25, 0.3) is 0 Å². The molecule has 0 aliphatic carbocycles. The van der Waals surface area contributed by atoms with E-state index in [4.69, 9.17) is 0 Å². The summed E-state index contributed by atoms with van der Waals surface area (Å²) in [6.07, 6.45) is 2.70. The van der Waals surface area contributed by atoms with Gasteiger partial charge in [0.1, 0.15) is 0 Å². The fourth-order valence-corrected chi connectivity index (χ4v) is 4.04. The minimum Gasteiger partial charge on any atom is -0.469 e. The van der Waals surface area contributed by atoms with Gasteiger partial charge in [-0.1, -0.05) is 0 Å². The van der Waals surface area contributed by atoms with Crippen LogP contribution in [-0.2, 0) is 19.6 Å². The molecule has 1 fully saturated rings. The van der Waals surface area contributed by atoms with Gasteiger partial charge in [0.05, 0.1) is 12.9 Å². The van der Waals surface area contributed by atoms with Gasteiger partial charge in [-0.25, -0.2) is 13.1 Å². The first-order chi connectivity index (χ1) is 8.03. The van der Waals surface area contributed by atoms with Gasteiger partial charge in [0.2, 0.25) is 10.0 Å². The molecule has 1 heterocycles. The van der Waals surface area contributed by atoms with Gasteiger partial charge in [-0.15, -0.1) is 0 Å². The van der Waals surface area contributed by atoms with Gasteiger partial charge in [-0.3, -0.25) is 4.79 Å². The number of rotatable bonds is 7. The molecule has 7 heteroatoms. The van der Waals surface area contributed by atoms with Crippen molar-refractivity contribution in [3.63, 3.8) is 0 Å². The Morgan fingerprint density at radius 1 is 1.53 bits per heavy atom. The molecule has 0 bridgehead atoms. The van der Waals surface area contributed by atoms with Crippen LogP contribution < -0.4 is 4.72 Å². The highest BCUT2D eigenvalue weighted by molar-refractivity contribution is 8.00. The number of hydrogen-bond donors (Lipinski definition) is 1. The molecule has 1 N–H and O–H groups in total. The molecular formula is C10H19NO4S2. The van der Waals surface area contributed by atoms with Crippen LogP contribution in [0.3, 0.4) is 0 Å². The Labute approximate surface area is 107 Å². The van der Waals surface area contributed by atoms with Crippen LogP contribution in [0.2, 0.25) is 0 Å². The predicted molar refractivity (Wildman–Crippen MR) is 68.5 cm³/mol. The third-order valence-electron chi connectivity index (χ3n) is 2.58. The average Bonchev–Trinajstić information content (AvgIpc) is 2.79. The first-order valence-electron chi connectivity index (χ1n) is 5.69. The van der Waals surface area contributed by atoms with Crippen LogP contribution in [0.5, 0.6) is 0 Å². The number of hydrogen-bond acceptors (Lipinski definition) is 5. The zero-order valence-electron chi connectivity index (χ0n) is 9.98. The molecule has 1 aliphatic heterocycles. The van der Waals surface area contributed by atoms with Crippen molar-refractivity contribution in [3.05, 3.63) is 0 Å². The van der Waals surface area contributed by atoms with Crippen molar-refractivity contribution in [1.29, 1.82) is 0 Å². The first-order valence-corrected chi connectivity index (χ1v) is 8.39. The molecule has 0 aromatic carbocycles. The number of carbonyl (C=O) groups is 1. The standard InChI is InChI=1S/C10H19NO4S2/c1-15-10(12)5-3-7-17(13,14)11-8-9-4-2-6-16-9/h9,11H,2-8H2,1H3. The number of ether oxygens (including phenoxy) is 1. The van der Waals surface area contributed by atoms with Crippen molar-refractivity contribution >= 4 is 27.8 Å². The molecule has 0 aromatic heterocycles. The van der Waals surface area contributed by atoms with Gasteiger partial charge in [0.15, 0.2) is 0 Å². The van der Waals surface area contributed by atoms with E-state index in [0.717, 1.165) is 12.2 Å². The van der Waals surface area contributed by atoms with E-state index < -0.39 is 10.0 Å². The van der Waals surface area contributed by atoms with Crippen molar-refractivity contribution < 1.29 is 17.9 Å². The van der Waals surface area contributed by atoms with Gasteiger partial charge >= 0.3 is 5.97 Å². The van der Waals surface area contributed by atoms with Crippen LogP contribution in [0.15, 0.2) is 0 Å². The lowest BCUT2D eigenvalue weighted by atomic mass is 10.2. The zero-order valence-corrected chi connectivity index (χ0v) is 11.6. The SMILES string of the molecule is COC(=O)CCCS(=O)(=O)NCC1CCCS1. The maximum atomic E-state index is 11.6. The summed E-state index contributed by atoms with van der Waals surface area (Å²) in [7, 11) is -1.95. The van der Waals surface area contributed by atoms with Crippen LogP contribution in [0.1, 0.15) is 25.7 Å². The third-order valence-corrected chi connectivity index (χ3v) is 5.41. The van der Waals surface area contributed by atoms with Crippen LogP contribution in [0, 0.1) is 0 Å². The Kier molecular flexibility index (Phi) is 6.29. The lowest BCUT2D eigenvalue weighted by molar-refractivity contribution is -0.140. The molecule has 1 unspecified atom stereocenters. The monoisotopic (exact) mass is 281 g/mol. The molecule has 0 saturated carbocycles.